The lowest BCUT2D eigenvalue weighted by Crippen LogP contribution is -2.43. The number of hydrogen-bond donors (Lipinski definition) is 1. The van der Waals surface area contributed by atoms with Gasteiger partial charge in [0.2, 0.25) is 15.9 Å². The molecule has 1 aliphatic rings. The van der Waals surface area contributed by atoms with Gasteiger partial charge in [0.25, 0.3) is 0 Å². The molecule has 0 saturated carbocycles. The monoisotopic (exact) mass is 492 g/mol. The van der Waals surface area contributed by atoms with E-state index in [9.17, 15) is 30.8 Å². The van der Waals surface area contributed by atoms with E-state index < -0.39 is 44.4 Å². The van der Waals surface area contributed by atoms with Crippen LogP contribution in [0, 0.1) is 11.7 Å². The summed E-state index contributed by atoms with van der Waals surface area (Å²) in [6.45, 7) is 1.54. The SMILES string of the molecule is CC(NC(=O)C1CCN(S(=O)(=O)c2ccccc2C(F)(F)F)CC1)c1ccc(F)c(Cl)c1. The smallest absolute Gasteiger partial charge is 0.349 e. The van der Waals surface area contributed by atoms with E-state index in [1.807, 2.05) is 0 Å². The van der Waals surface area contributed by atoms with Crippen molar-refractivity contribution >= 4 is 27.5 Å². The molecule has 2 aromatic carbocycles. The van der Waals surface area contributed by atoms with Crippen molar-refractivity contribution in [3.8, 4) is 0 Å². The van der Waals surface area contributed by atoms with Crippen molar-refractivity contribution in [1.29, 1.82) is 0 Å². The number of halogens is 5. The molecule has 0 aromatic heterocycles. The van der Waals surface area contributed by atoms with Crippen molar-refractivity contribution in [2.24, 2.45) is 5.92 Å². The first-order valence-electron chi connectivity index (χ1n) is 9.83. The number of carbonyl (C=O) groups excluding carboxylic acids is 1. The Morgan fingerprint density at radius 1 is 1.16 bits per heavy atom. The summed E-state index contributed by atoms with van der Waals surface area (Å²) in [5, 5.41) is 2.72. The van der Waals surface area contributed by atoms with Crippen LogP contribution < -0.4 is 5.32 Å². The first kappa shape index (κ1) is 24.5. The molecule has 1 unspecified atom stereocenters. The van der Waals surface area contributed by atoms with Gasteiger partial charge in [0.1, 0.15) is 5.82 Å². The lowest BCUT2D eigenvalue weighted by atomic mass is 9.96. The fourth-order valence-corrected chi connectivity index (χ4v) is 5.49. The molecular weight excluding hydrogens is 472 g/mol. The summed E-state index contributed by atoms with van der Waals surface area (Å²) in [7, 11) is -4.37. The number of rotatable bonds is 5. The van der Waals surface area contributed by atoms with Crippen molar-refractivity contribution in [2.45, 2.75) is 36.9 Å². The van der Waals surface area contributed by atoms with Crippen LogP contribution in [-0.4, -0.2) is 31.7 Å². The maximum Gasteiger partial charge on any atom is 0.417 e. The van der Waals surface area contributed by atoms with E-state index in [-0.39, 0.29) is 36.9 Å². The van der Waals surface area contributed by atoms with Crippen molar-refractivity contribution in [1.82, 2.24) is 9.62 Å². The molecule has 1 N–H and O–H groups in total. The van der Waals surface area contributed by atoms with E-state index in [1.165, 1.54) is 24.3 Å². The molecule has 0 bridgehead atoms. The second kappa shape index (κ2) is 9.36. The summed E-state index contributed by atoms with van der Waals surface area (Å²) in [5.41, 5.74) is -0.611. The van der Waals surface area contributed by atoms with Gasteiger partial charge in [-0.2, -0.15) is 17.5 Å². The lowest BCUT2D eigenvalue weighted by molar-refractivity contribution is -0.139. The number of carbonyl (C=O) groups is 1. The third-order valence-electron chi connectivity index (χ3n) is 5.44. The first-order valence-corrected chi connectivity index (χ1v) is 11.6. The van der Waals surface area contributed by atoms with Crippen LogP contribution in [0.5, 0.6) is 0 Å². The molecule has 174 valence electrons. The van der Waals surface area contributed by atoms with Crippen molar-refractivity contribution < 1.29 is 30.8 Å². The van der Waals surface area contributed by atoms with Gasteiger partial charge in [-0.05, 0) is 49.6 Å². The molecule has 11 heteroatoms. The maximum atomic E-state index is 13.3. The molecular formula is C21H21ClF4N2O3S. The van der Waals surface area contributed by atoms with E-state index in [0.29, 0.717) is 5.56 Å². The molecule has 1 atom stereocenters. The van der Waals surface area contributed by atoms with E-state index in [2.05, 4.69) is 5.32 Å². The highest BCUT2D eigenvalue weighted by atomic mass is 35.5. The van der Waals surface area contributed by atoms with Gasteiger partial charge in [-0.25, -0.2) is 12.8 Å². The summed E-state index contributed by atoms with van der Waals surface area (Å²) in [6, 6.07) is 7.69. The highest BCUT2D eigenvalue weighted by Crippen LogP contribution is 2.36. The van der Waals surface area contributed by atoms with E-state index >= 15 is 0 Å². The van der Waals surface area contributed by atoms with Crippen molar-refractivity contribution in [3.05, 3.63) is 64.4 Å². The molecule has 1 amide bonds. The second-order valence-electron chi connectivity index (χ2n) is 7.58. The zero-order valence-corrected chi connectivity index (χ0v) is 18.6. The van der Waals surface area contributed by atoms with Gasteiger partial charge in [0.05, 0.1) is 21.5 Å². The van der Waals surface area contributed by atoms with Crippen LogP contribution in [0.4, 0.5) is 17.6 Å². The predicted octanol–water partition coefficient (Wildman–Crippen LogP) is 4.78. The number of piperidine rings is 1. The number of benzene rings is 2. The van der Waals surface area contributed by atoms with Crippen molar-refractivity contribution in [3.63, 3.8) is 0 Å². The van der Waals surface area contributed by atoms with Gasteiger partial charge < -0.3 is 5.32 Å². The van der Waals surface area contributed by atoms with Gasteiger partial charge in [-0.15, -0.1) is 0 Å². The topological polar surface area (TPSA) is 66.5 Å². The standard InChI is InChI=1S/C21H21ClF4N2O3S/c1-13(15-6-7-18(23)17(22)12-15)27-20(29)14-8-10-28(11-9-14)32(30,31)19-5-3-2-4-16(19)21(24,25)26/h2-7,12-14H,8-11H2,1H3,(H,27,29). The summed E-state index contributed by atoms with van der Waals surface area (Å²) >= 11 is 5.77. The third kappa shape index (κ3) is 5.24. The molecule has 1 fully saturated rings. The molecule has 1 heterocycles. The van der Waals surface area contributed by atoms with E-state index in [0.717, 1.165) is 22.5 Å². The van der Waals surface area contributed by atoms with Crippen LogP contribution in [0.15, 0.2) is 47.4 Å². The first-order chi connectivity index (χ1) is 14.9. The van der Waals surface area contributed by atoms with Gasteiger partial charge >= 0.3 is 6.18 Å². The number of nitrogens with zero attached hydrogens (tertiary/aromatic N) is 1. The zero-order chi connectivity index (χ0) is 23.7. The number of sulfonamides is 1. The predicted molar refractivity (Wildman–Crippen MR) is 111 cm³/mol. The average Bonchev–Trinajstić information content (AvgIpc) is 2.75. The molecule has 2 aromatic rings. The van der Waals surface area contributed by atoms with Crippen LogP contribution in [-0.2, 0) is 21.0 Å². The minimum absolute atomic E-state index is 0.0683. The summed E-state index contributed by atoms with van der Waals surface area (Å²) < 4.78 is 79.7. The fraction of sp³-hybridized carbons (Fsp3) is 0.381. The highest BCUT2D eigenvalue weighted by molar-refractivity contribution is 7.89. The van der Waals surface area contributed by atoms with E-state index in [4.69, 9.17) is 11.6 Å². The largest absolute Gasteiger partial charge is 0.417 e. The quantitative estimate of drug-likeness (QED) is 0.611. The Balaban J connectivity index is 1.66. The molecule has 0 aliphatic carbocycles. The van der Waals surface area contributed by atoms with Gasteiger partial charge in [-0.1, -0.05) is 29.8 Å². The molecule has 1 aliphatic heterocycles. The summed E-state index contributed by atoms with van der Waals surface area (Å²) in [5.74, 6) is -1.39. The lowest BCUT2D eigenvalue weighted by Gasteiger charge is -2.31. The highest BCUT2D eigenvalue weighted by Gasteiger charge is 2.40. The Labute approximate surface area is 188 Å². The Hall–Kier alpha value is -2.17. The van der Waals surface area contributed by atoms with Crippen LogP contribution in [0.1, 0.15) is 36.9 Å². The molecule has 1 saturated heterocycles. The van der Waals surface area contributed by atoms with Crippen LogP contribution in [0.25, 0.3) is 0 Å². The Kier molecular flexibility index (Phi) is 7.16. The maximum absolute atomic E-state index is 13.3. The Morgan fingerprint density at radius 3 is 2.38 bits per heavy atom. The summed E-state index contributed by atoms with van der Waals surface area (Å²) in [6.07, 6.45) is -4.48. The average molecular weight is 493 g/mol. The molecule has 0 spiro atoms. The number of amides is 1. The fourth-order valence-electron chi connectivity index (χ4n) is 3.62. The Bertz CT molecular complexity index is 1100. The van der Waals surface area contributed by atoms with Crippen LogP contribution in [0.2, 0.25) is 5.02 Å². The van der Waals surface area contributed by atoms with Crippen LogP contribution >= 0.6 is 11.6 Å². The Morgan fingerprint density at radius 2 is 1.78 bits per heavy atom. The van der Waals surface area contributed by atoms with Gasteiger partial charge in [0.15, 0.2) is 0 Å². The molecule has 32 heavy (non-hydrogen) atoms. The normalized spacial score (nSPS) is 17.2. The minimum Gasteiger partial charge on any atom is -0.349 e. The second-order valence-corrected chi connectivity index (χ2v) is 9.89. The molecule has 5 nitrogen and oxygen atoms in total. The van der Waals surface area contributed by atoms with Gasteiger partial charge in [0, 0.05) is 19.0 Å². The number of alkyl halides is 3. The van der Waals surface area contributed by atoms with E-state index in [1.54, 1.807) is 6.92 Å². The third-order valence-corrected chi connectivity index (χ3v) is 7.68. The molecule has 3 rings (SSSR count). The molecule has 0 radical (unpaired) electrons. The summed E-state index contributed by atoms with van der Waals surface area (Å²) in [4.78, 5) is 11.8. The zero-order valence-electron chi connectivity index (χ0n) is 17.0. The minimum atomic E-state index is -4.80. The number of nitrogens with one attached hydrogen (secondary N) is 1. The van der Waals surface area contributed by atoms with Crippen LogP contribution in [0.3, 0.4) is 0 Å². The van der Waals surface area contributed by atoms with Crippen molar-refractivity contribution in [2.75, 3.05) is 13.1 Å². The number of hydrogen-bond acceptors (Lipinski definition) is 3. The van der Waals surface area contributed by atoms with Gasteiger partial charge in [-0.3, -0.25) is 4.79 Å².